The highest BCUT2D eigenvalue weighted by molar-refractivity contribution is 5.98. The van der Waals surface area contributed by atoms with E-state index < -0.39 is 0 Å². The van der Waals surface area contributed by atoms with Crippen LogP contribution in [0.15, 0.2) is 34.5 Å². The highest BCUT2D eigenvalue weighted by Gasteiger charge is 2.00. The van der Waals surface area contributed by atoms with Crippen LogP contribution in [0.25, 0.3) is 0 Å². The number of hydrogen-bond donors (Lipinski definition) is 2. The van der Waals surface area contributed by atoms with Crippen molar-refractivity contribution in [1.82, 2.24) is 0 Å². The first kappa shape index (κ1) is 8.32. The van der Waals surface area contributed by atoms with Gasteiger partial charge in [-0.25, -0.2) is 9.92 Å². The topological polar surface area (TPSA) is 74.6 Å². The van der Waals surface area contributed by atoms with E-state index >= 15 is 0 Å². The van der Waals surface area contributed by atoms with E-state index in [0.29, 0.717) is 5.56 Å². The minimum atomic E-state index is -0.347. The third-order valence-electron chi connectivity index (χ3n) is 1.33. The fraction of sp³-hybridized carbons (Fsp3) is 0. The lowest BCUT2D eigenvalue weighted by Crippen LogP contribution is -1.99. The first-order valence-electron chi connectivity index (χ1n) is 3.19. The van der Waals surface area contributed by atoms with Crippen molar-refractivity contribution in [3.8, 4) is 0 Å². The van der Waals surface area contributed by atoms with Crippen molar-refractivity contribution in [1.29, 1.82) is 5.53 Å². The van der Waals surface area contributed by atoms with Gasteiger partial charge in [0.2, 0.25) is 0 Å². The second-order valence-corrected chi connectivity index (χ2v) is 2.07. The van der Waals surface area contributed by atoms with E-state index in [1.807, 2.05) is 0 Å². The molecule has 1 aromatic carbocycles. The molecule has 0 amide bonds. The van der Waals surface area contributed by atoms with Gasteiger partial charge in [0.1, 0.15) is 5.82 Å². The van der Waals surface area contributed by atoms with Crippen LogP contribution in [0.4, 0.5) is 4.39 Å². The smallest absolute Gasteiger partial charge is 0.199 e. The number of hydrazone groups is 1. The predicted molar refractivity (Wildman–Crippen MR) is 42.3 cm³/mol. The molecule has 3 N–H and O–H groups in total. The molecule has 4 nitrogen and oxygen atoms in total. The molecule has 0 spiro atoms. The molecule has 0 bridgehead atoms. The quantitative estimate of drug-likeness (QED) is 0.214. The maximum absolute atomic E-state index is 12.4. The van der Waals surface area contributed by atoms with E-state index in [4.69, 9.17) is 11.4 Å². The summed E-state index contributed by atoms with van der Waals surface area (Å²) in [4.78, 5) is 0. The predicted octanol–water partition coefficient (Wildman–Crippen LogP) is 1.48. The van der Waals surface area contributed by atoms with Crippen molar-refractivity contribution >= 4 is 5.84 Å². The van der Waals surface area contributed by atoms with Gasteiger partial charge < -0.3 is 5.84 Å². The molecule has 0 saturated carbocycles. The summed E-state index contributed by atoms with van der Waals surface area (Å²) in [5, 5.41) is 6.31. The van der Waals surface area contributed by atoms with Crippen molar-refractivity contribution in [2.24, 2.45) is 16.1 Å². The van der Waals surface area contributed by atoms with Gasteiger partial charge in [-0.1, -0.05) is 0 Å². The fourth-order valence-electron chi connectivity index (χ4n) is 0.767. The Morgan fingerprint density at radius 2 is 1.92 bits per heavy atom. The average Bonchev–Trinajstić information content (AvgIpc) is 2.10. The molecule has 0 unspecified atom stereocenters. The van der Waals surface area contributed by atoms with Crippen LogP contribution in [0, 0.1) is 11.3 Å². The van der Waals surface area contributed by atoms with Crippen molar-refractivity contribution in [3.05, 3.63) is 35.6 Å². The monoisotopic (exact) mass is 166 g/mol. The summed E-state index contributed by atoms with van der Waals surface area (Å²) in [6.45, 7) is 0. The Morgan fingerprint density at radius 3 is 2.33 bits per heavy atom. The highest BCUT2D eigenvalue weighted by Crippen LogP contribution is 2.04. The Morgan fingerprint density at radius 1 is 1.33 bits per heavy atom. The molecule has 0 heterocycles. The van der Waals surface area contributed by atoms with Crippen LogP contribution in [0.2, 0.25) is 0 Å². The van der Waals surface area contributed by atoms with Crippen LogP contribution < -0.4 is 5.84 Å². The Kier molecular flexibility index (Phi) is 2.47. The lowest BCUT2D eigenvalue weighted by atomic mass is 10.2. The summed E-state index contributed by atoms with van der Waals surface area (Å²) < 4.78 is 12.4. The Hall–Kier alpha value is -1.78. The van der Waals surface area contributed by atoms with Crippen molar-refractivity contribution < 1.29 is 4.39 Å². The van der Waals surface area contributed by atoms with E-state index in [-0.39, 0.29) is 11.7 Å². The van der Waals surface area contributed by atoms with E-state index in [0.717, 1.165) is 0 Å². The number of nitrogens with zero attached hydrogens (tertiary/aromatic N) is 2. The maximum atomic E-state index is 12.4. The maximum Gasteiger partial charge on any atom is 0.199 e. The molecule has 62 valence electrons. The average molecular weight is 166 g/mol. The summed E-state index contributed by atoms with van der Waals surface area (Å²) in [6, 6.07) is 5.43. The lowest BCUT2D eigenvalue weighted by Gasteiger charge is -1.95. The van der Waals surface area contributed by atoms with Gasteiger partial charge in [0.15, 0.2) is 5.84 Å². The Labute approximate surface area is 68.4 Å². The molecule has 0 saturated heterocycles. The van der Waals surface area contributed by atoms with Crippen LogP contribution in [0.1, 0.15) is 5.56 Å². The summed E-state index contributed by atoms with van der Waals surface area (Å²) in [5.41, 5.74) is 7.19. The number of rotatable bonds is 1. The van der Waals surface area contributed by atoms with Gasteiger partial charge in [0.05, 0.1) is 0 Å². The molecule has 12 heavy (non-hydrogen) atoms. The van der Waals surface area contributed by atoms with Crippen LogP contribution in [0.3, 0.4) is 0 Å². The highest BCUT2D eigenvalue weighted by atomic mass is 19.1. The van der Waals surface area contributed by atoms with Crippen LogP contribution >= 0.6 is 0 Å². The fourth-order valence-corrected chi connectivity index (χ4v) is 0.767. The van der Waals surface area contributed by atoms with E-state index in [1.165, 1.54) is 24.3 Å². The molecular weight excluding hydrogens is 159 g/mol. The zero-order valence-corrected chi connectivity index (χ0v) is 6.16. The minimum Gasteiger partial charge on any atom is -0.321 e. The molecule has 0 atom stereocenters. The third kappa shape index (κ3) is 1.63. The van der Waals surface area contributed by atoms with Crippen LogP contribution in [-0.4, -0.2) is 5.84 Å². The molecule has 1 aromatic rings. The second-order valence-electron chi connectivity index (χ2n) is 2.07. The number of amidine groups is 1. The second kappa shape index (κ2) is 3.56. The summed E-state index contributed by atoms with van der Waals surface area (Å²) in [6.07, 6.45) is 0. The molecular formula is C7H7FN4. The van der Waals surface area contributed by atoms with Crippen molar-refractivity contribution in [2.45, 2.75) is 0 Å². The number of nitrogens with one attached hydrogen (secondary N) is 1. The van der Waals surface area contributed by atoms with Gasteiger partial charge >= 0.3 is 0 Å². The number of nitrogens with two attached hydrogens (primary N) is 1. The zero-order valence-electron chi connectivity index (χ0n) is 6.16. The normalized spacial score (nSPS) is 11.2. The van der Waals surface area contributed by atoms with Crippen molar-refractivity contribution in [3.63, 3.8) is 0 Å². The van der Waals surface area contributed by atoms with Crippen molar-refractivity contribution in [2.75, 3.05) is 0 Å². The molecule has 1 rings (SSSR count). The Bertz CT molecular complexity index is 304. The van der Waals surface area contributed by atoms with E-state index in [9.17, 15) is 4.39 Å². The minimum absolute atomic E-state index is 0.0787. The zero-order chi connectivity index (χ0) is 8.97. The SMILES string of the molecule is N=N/C(=N\N)c1ccc(F)cc1. The first-order valence-corrected chi connectivity index (χ1v) is 3.19. The standard InChI is InChI=1S/C7H7FN4/c8-6-3-1-5(2-4-6)7(11-9)12-10/h1-4,9H,10H2/b11-9?,12-7-. The third-order valence-corrected chi connectivity index (χ3v) is 1.33. The molecule has 0 aromatic heterocycles. The van der Waals surface area contributed by atoms with Gasteiger partial charge in [-0.2, -0.15) is 5.10 Å². The van der Waals surface area contributed by atoms with Crippen LogP contribution in [0.5, 0.6) is 0 Å². The first-order chi connectivity index (χ1) is 5.77. The van der Waals surface area contributed by atoms with Gasteiger partial charge in [-0.3, -0.25) is 0 Å². The van der Waals surface area contributed by atoms with Gasteiger partial charge in [0.25, 0.3) is 0 Å². The van der Waals surface area contributed by atoms with E-state index in [1.54, 1.807) is 0 Å². The summed E-state index contributed by atoms with van der Waals surface area (Å²) in [5.74, 6) is 4.67. The van der Waals surface area contributed by atoms with Crippen LogP contribution in [-0.2, 0) is 0 Å². The van der Waals surface area contributed by atoms with Gasteiger partial charge in [-0.15, -0.1) is 5.11 Å². The molecule has 0 fully saturated rings. The largest absolute Gasteiger partial charge is 0.321 e. The van der Waals surface area contributed by atoms with Gasteiger partial charge in [0, 0.05) is 5.56 Å². The Balaban J connectivity index is 3.04. The van der Waals surface area contributed by atoms with Gasteiger partial charge in [-0.05, 0) is 24.3 Å². The lowest BCUT2D eigenvalue weighted by molar-refractivity contribution is 0.627. The molecule has 5 heteroatoms. The molecule has 0 aliphatic rings. The molecule has 0 aliphatic carbocycles. The summed E-state index contributed by atoms with van der Waals surface area (Å²) >= 11 is 0. The number of hydrogen-bond acceptors (Lipinski definition) is 3. The molecule has 0 aliphatic heterocycles. The number of benzene rings is 1. The summed E-state index contributed by atoms with van der Waals surface area (Å²) in [7, 11) is 0. The molecule has 0 radical (unpaired) electrons. The van der Waals surface area contributed by atoms with E-state index in [2.05, 4.69) is 10.2 Å². The number of halogens is 1.